The quantitative estimate of drug-likeness (QED) is 0.711. The van der Waals surface area contributed by atoms with E-state index in [1.807, 2.05) is 41.9 Å². The summed E-state index contributed by atoms with van der Waals surface area (Å²) < 4.78 is 1.83. The van der Waals surface area contributed by atoms with Crippen molar-refractivity contribution in [2.75, 3.05) is 13.1 Å². The van der Waals surface area contributed by atoms with Crippen LogP contribution in [0.3, 0.4) is 0 Å². The van der Waals surface area contributed by atoms with E-state index in [4.69, 9.17) is 5.10 Å². The van der Waals surface area contributed by atoms with Crippen LogP contribution in [-0.4, -0.2) is 50.5 Å². The van der Waals surface area contributed by atoms with Gasteiger partial charge in [0, 0.05) is 30.6 Å². The average molecular weight is 435 g/mol. The number of aryl methyl sites for hydroxylation is 1. The maximum Gasteiger partial charge on any atom is 0.273 e. The van der Waals surface area contributed by atoms with Crippen molar-refractivity contribution >= 4 is 11.8 Å². The molecular formula is C26H34N4O2. The smallest absolute Gasteiger partial charge is 0.273 e. The number of carbonyl (C=O) groups excluding carboxylic acids is 2. The normalized spacial score (nSPS) is 22.2. The number of piperidine rings is 1. The molecule has 6 nitrogen and oxygen atoms in total. The van der Waals surface area contributed by atoms with Crippen molar-refractivity contribution in [3.8, 4) is 5.69 Å². The molecule has 2 amide bonds. The second-order valence-corrected chi connectivity index (χ2v) is 10.0. The fraction of sp³-hybridized carbons (Fsp3) is 0.577. The van der Waals surface area contributed by atoms with Gasteiger partial charge in [-0.05, 0) is 50.7 Å². The number of nitrogens with zero attached hydrogens (tertiary/aromatic N) is 4. The van der Waals surface area contributed by atoms with Gasteiger partial charge in [-0.25, -0.2) is 4.68 Å². The van der Waals surface area contributed by atoms with E-state index in [9.17, 15) is 9.59 Å². The second-order valence-electron chi connectivity index (χ2n) is 10.0. The van der Waals surface area contributed by atoms with E-state index in [-0.39, 0.29) is 23.9 Å². The number of hydrogen-bond donors (Lipinski definition) is 0. The molecule has 1 saturated heterocycles. The molecule has 0 N–H and O–H groups in total. The molecule has 5 rings (SSSR count). The zero-order valence-electron chi connectivity index (χ0n) is 19.5. The molecule has 1 saturated carbocycles. The summed E-state index contributed by atoms with van der Waals surface area (Å²) in [7, 11) is 0. The Bertz CT molecular complexity index is 998. The minimum absolute atomic E-state index is 0.0389. The highest BCUT2D eigenvalue weighted by atomic mass is 16.2. The number of benzene rings is 1. The number of para-hydroxylation sites is 1. The lowest BCUT2D eigenvalue weighted by atomic mass is 9.93. The largest absolute Gasteiger partial charge is 0.342 e. The molecule has 1 aliphatic carbocycles. The zero-order valence-corrected chi connectivity index (χ0v) is 19.5. The van der Waals surface area contributed by atoms with Crippen LogP contribution in [0.15, 0.2) is 30.3 Å². The summed E-state index contributed by atoms with van der Waals surface area (Å²) in [4.78, 5) is 30.9. The first-order valence-electron chi connectivity index (χ1n) is 12.2. The van der Waals surface area contributed by atoms with Crippen molar-refractivity contribution in [1.82, 2.24) is 19.6 Å². The molecule has 1 unspecified atom stereocenters. The van der Waals surface area contributed by atoms with Gasteiger partial charge in [-0.3, -0.25) is 9.59 Å². The molecule has 2 aromatic rings. The van der Waals surface area contributed by atoms with Crippen molar-refractivity contribution < 1.29 is 9.59 Å². The minimum atomic E-state index is 0.0389. The Morgan fingerprint density at radius 1 is 1.03 bits per heavy atom. The molecule has 3 aliphatic rings. The summed E-state index contributed by atoms with van der Waals surface area (Å²) in [5, 5.41) is 4.76. The monoisotopic (exact) mass is 434 g/mol. The SMILES string of the molecule is Cc1nn(-c2ccccc2)c2c1C(C(C)C)N(C1CCN(C(=O)C3CCCC3)CC1)C2=O. The lowest BCUT2D eigenvalue weighted by Gasteiger charge is -2.41. The summed E-state index contributed by atoms with van der Waals surface area (Å²) in [6, 6.07) is 10.1. The number of aromatic nitrogens is 2. The Hall–Kier alpha value is -2.63. The van der Waals surface area contributed by atoms with Crippen molar-refractivity contribution in [2.45, 2.75) is 71.4 Å². The molecule has 1 aromatic carbocycles. The zero-order chi connectivity index (χ0) is 22.4. The lowest BCUT2D eigenvalue weighted by Crippen LogP contribution is -2.49. The van der Waals surface area contributed by atoms with Crippen molar-refractivity contribution in [1.29, 1.82) is 0 Å². The number of hydrogen-bond acceptors (Lipinski definition) is 3. The van der Waals surface area contributed by atoms with Gasteiger partial charge < -0.3 is 9.80 Å². The van der Waals surface area contributed by atoms with E-state index in [0.29, 0.717) is 11.8 Å². The first kappa shape index (κ1) is 21.2. The summed E-state index contributed by atoms with van der Waals surface area (Å²) in [5.74, 6) is 0.953. The van der Waals surface area contributed by atoms with Crippen LogP contribution in [0.2, 0.25) is 0 Å². The van der Waals surface area contributed by atoms with Crippen molar-refractivity contribution in [3.05, 3.63) is 47.3 Å². The van der Waals surface area contributed by atoms with Crippen LogP contribution in [0.5, 0.6) is 0 Å². The van der Waals surface area contributed by atoms with Gasteiger partial charge in [0.05, 0.1) is 17.4 Å². The first-order chi connectivity index (χ1) is 15.5. The van der Waals surface area contributed by atoms with E-state index in [1.165, 1.54) is 12.8 Å². The molecule has 0 bridgehead atoms. The minimum Gasteiger partial charge on any atom is -0.342 e. The molecule has 1 aromatic heterocycles. The number of fused-ring (bicyclic) bond motifs is 1. The molecule has 0 spiro atoms. The highest BCUT2D eigenvalue weighted by Gasteiger charge is 2.47. The lowest BCUT2D eigenvalue weighted by molar-refractivity contribution is -0.136. The number of likely N-dealkylation sites (tertiary alicyclic amines) is 1. The molecule has 32 heavy (non-hydrogen) atoms. The summed E-state index contributed by atoms with van der Waals surface area (Å²) in [6.45, 7) is 7.92. The van der Waals surface area contributed by atoms with Crippen LogP contribution < -0.4 is 0 Å². The van der Waals surface area contributed by atoms with Crippen LogP contribution in [0.25, 0.3) is 5.69 Å². The van der Waals surface area contributed by atoms with Crippen LogP contribution in [0.4, 0.5) is 0 Å². The van der Waals surface area contributed by atoms with Crippen molar-refractivity contribution in [2.24, 2.45) is 11.8 Å². The Kier molecular flexibility index (Phi) is 5.56. The molecule has 6 heteroatoms. The van der Waals surface area contributed by atoms with E-state index in [0.717, 1.165) is 61.4 Å². The third kappa shape index (κ3) is 3.44. The van der Waals surface area contributed by atoms with Gasteiger partial charge in [0.25, 0.3) is 5.91 Å². The molecular weight excluding hydrogens is 400 g/mol. The van der Waals surface area contributed by atoms with Crippen LogP contribution in [0.1, 0.15) is 80.2 Å². The Morgan fingerprint density at radius 3 is 2.31 bits per heavy atom. The predicted molar refractivity (Wildman–Crippen MR) is 124 cm³/mol. The Balaban J connectivity index is 1.40. The molecule has 170 valence electrons. The van der Waals surface area contributed by atoms with E-state index in [1.54, 1.807) is 0 Å². The Morgan fingerprint density at radius 2 is 1.69 bits per heavy atom. The third-order valence-electron chi connectivity index (χ3n) is 7.65. The number of carbonyl (C=O) groups is 2. The van der Waals surface area contributed by atoms with Gasteiger partial charge in [-0.15, -0.1) is 0 Å². The topological polar surface area (TPSA) is 58.4 Å². The average Bonchev–Trinajstić information content (AvgIpc) is 3.52. The molecule has 2 aliphatic heterocycles. The highest BCUT2D eigenvalue weighted by Crippen LogP contribution is 2.44. The van der Waals surface area contributed by atoms with Gasteiger partial charge in [0.15, 0.2) is 0 Å². The fourth-order valence-electron chi connectivity index (χ4n) is 6.09. The van der Waals surface area contributed by atoms with Crippen LogP contribution >= 0.6 is 0 Å². The van der Waals surface area contributed by atoms with Gasteiger partial charge in [0.1, 0.15) is 5.69 Å². The number of amides is 2. The maximum absolute atomic E-state index is 13.8. The van der Waals surface area contributed by atoms with E-state index >= 15 is 0 Å². The number of rotatable bonds is 4. The summed E-state index contributed by atoms with van der Waals surface area (Å²) in [6.07, 6.45) is 6.17. The molecule has 3 heterocycles. The van der Waals surface area contributed by atoms with Gasteiger partial charge in [-0.1, -0.05) is 44.9 Å². The third-order valence-corrected chi connectivity index (χ3v) is 7.65. The van der Waals surface area contributed by atoms with E-state index < -0.39 is 0 Å². The van der Waals surface area contributed by atoms with Crippen molar-refractivity contribution in [3.63, 3.8) is 0 Å². The predicted octanol–water partition coefficient (Wildman–Crippen LogP) is 4.51. The van der Waals surface area contributed by atoms with E-state index in [2.05, 4.69) is 23.6 Å². The van der Waals surface area contributed by atoms with Gasteiger partial charge >= 0.3 is 0 Å². The van der Waals surface area contributed by atoms with Gasteiger partial charge in [0.2, 0.25) is 5.91 Å². The molecule has 1 atom stereocenters. The van der Waals surface area contributed by atoms with Gasteiger partial charge in [-0.2, -0.15) is 5.10 Å². The fourth-order valence-corrected chi connectivity index (χ4v) is 6.09. The molecule has 2 fully saturated rings. The second kappa shape index (κ2) is 8.38. The first-order valence-corrected chi connectivity index (χ1v) is 12.2. The highest BCUT2D eigenvalue weighted by molar-refractivity contribution is 5.99. The maximum atomic E-state index is 13.8. The van der Waals surface area contributed by atoms with Crippen LogP contribution in [-0.2, 0) is 4.79 Å². The van der Waals surface area contributed by atoms with Crippen LogP contribution in [0, 0.1) is 18.8 Å². The standard InChI is InChI=1S/C26H34N4O2/c1-17(2)23-22-18(3)27-30(21-11-5-4-6-12-21)24(22)26(32)29(23)20-13-15-28(16-14-20)25(31)19-9-7-8-10-19/h4-6,11-12,17,19-20,23H,7-10,13-16H2,1-3H3. The summed E-state index contributed by atoms with van der Waals surface area (Å²) in [5.41, 5.74) is 3.66. The molecule has 0 radical (unpaired) electrons. The summed E-state index contributed by atoms with van der Waals surface area (Å²) >= 11 is 0. The Labute approximate surface area is 190 Å².